The third-order valence-electron chi connectivity index (χ3n) is 2.82. The standard InChI is InChI=1S/C13H17FN4S/c1-4-16-12(9-5-10(14)7-15-6-9)13-11(8(2)3)17-18-19-13/h5-8,12,16H,4H2,1-3H3. The van der Waals surface area contributed by atoms with Crippen molar-refractivity contribution in [2.24, 2.45) is 0 Å². The Hall–Kier alpha value is -1.40. The van der Waals surface area contributed by atoms with E-state index in [4.69, 9.17) is 0 Å². The Labute approximate surface area is 116 Å². The number of hydrogen-bond donors (Lipinski definition) is 1. The van der Waals surface area contributed by atoms with E-state index in [0.717, 1.165) is 22.7 Å². The second-order valence-electron chi connectivity index (χ2n) is 4.60. The smallest absolute Gasteiger partial charge is 0.141 e. The lowest BCUT2D eigenvalue weighted by atomic mass is 10.0. The summed E-state index contributed by atoms with van der Waals surface area (Å²) >= 11 is 1.35. The van der Waals surface area contributed by atoms with Crippen LogP contribution in [-0.4, -0.2) is 21.1 Å². The molecular weight excluding hydrogens is 263 g/mol. The first-order valence-electron chi connectivity index (χ1n) is 6.29. The largest absolute Gasteiger partial charge is 0.306 e. The zero-order chi connectivity index (χ0) is 13.8. The first-order valence-corrected chi connectivity index (χ1v) is 7.06. The van der Waals surface area contributed by atoms with Gasteiger partial charge in [0.15, 0.2) is 0 Å². The highest BCUT2D eigenvalue weighted by Gasteiger charge is 2.22. The van der Waals surface area contributed by atoms with Gasteiger partial charge in [-0.05, 0) is 35.6 Å². The van der Waals surface area contributed by atoms with E-state index in [0.29, 0.717) is 0 Å². The minimum absolute atomic E-state index is 0.106. The molecular formula is C13H17FN4S. The highest BCUT2D eigenvalue weighted by Crippen LogP contribution is 2.30. The van der Waals surface area contributed by atoms with Crippen LogP contribution in [0.25, 0.3) is 0 Å². The van der Waals surface area contributed by atoms with Crippen LogP contribution in [0.2, 0.25) is 0 Å². The minimum atomic E-state index is -0.330. The molecule has 0 radical (unpaired) electrons. The maximum absolute atomic E-state index is 13.4. The zero-order valence-electron chi connectivity index (χ0n) is 11.2. The average molecular weight is 280 g/mol. The monoisotopic (exact) mass is 280 g/mol. The van der Waals surface area contributed by atoms with Crippen molar-refractivity contribution < 1.29 is 4.39 Å². The van der Waals surface area contributed by atoms with Crippen molar-refractivity contribution in [3.8, 4) is 0 Å². The molecule has 1 N–H and O–H groups in total. The average Bonchev–Trinajstić information content (AvgIpc) is 2.85. The van der Waals surface area contributed by atoms with Crippen LogP contribution in [0.4, 0.5) is 4.39 Å². The second kappa shape index (κ2) is 6.16. The molecule has 2 aromatic heterocycles. The third-order valence-corrected chi connectivity index (χ3v) is 3.62. The van der Waals surface area contributed by atoms with Gasteiger partial charge in [0.25, 0.3) is 0 Å². The lowest BCUT2D eigenvalue weighted by Gasteiger charge is -2.18. The van der Waals surface area contributed by atoms with Gasteiger partial charge < -0.3 is 5.32 Å². The van der Waals surface area contributed by atoms with Crippen LogP contribution >= 0.6 is 11.5 Å². The first kappa shape index (κ1) is 14.0. The quantitative estimate of drug-likeness (QED) is 0.915. The number of halogens is 1. The molecule has 1 atom stereocenters. The molecule has 102 valence electrons. The fraction of sp³-hybridized carbons (Fsp3) is 0.462. The van der Waals surface area contributed by atoms with Gasteiger partial charge in [-0.25, -0.2) is 4.39 Å². The maximum Gasteiger partial charge on any atom is 0.141 e. The Balaban J connectivity index is 2.42. The second-order valence-corrected chi connectivity index (χ2v) is 5.39. The summed E-state index contributed by atoms with van der Waals surface area (Å²) in [4.78, 5) is 4.95. The molecule has 0 amide bonds. The van der Waals surface area contributed by atoms with Gasteiger partial charge in [-0.2, -0.15) is 0 Å². The van der Waals surface area contributed by atoms with Gasteiger partial charge in [-0.15, -0.1) is 5.10 Å². The highest BCUT2D eigenvalue weighted by molar-refractivity contribution is 7.05. The molecule has 2 heterocycles. The topological polar surface area (TPSA) is 50.7 Å². The predicted octanol–water partition coefficient (Wildman–Crippen LogP) is 2.89. The van der Waals surface area contributed by atoms with Crippen LogP contribution in [0, 0.1) is 5.82 Å². The Kier molecular flexibility index (Phi) is 4.55. The van der Waals surface area contributed by atoms with Crippen molar-refractivity contribution in [2.45, 2.75) is 32.7 Å². The normalized spacial score (nSPS) is 12.9. The van der Waals surface area contributed by atoms with Gasteiger partial charge in [-0.1, -0.05) is 25.3 Å². The van der Waals surface area contributed by atoms with Crippen LogP contribution in [0.5, 0.6) is 0 Å². The number of pyridine rings is 1. The van der Waals surface area contributed by atoms with Gasteiger partial charge in [0, 0.05) is 6.20 Å². The predicted molar refractivity (Wildman–Crippen MR) is 73.7 cm³/mol. The van der Waals surface area contributed by atoms with Crippen LogP contribution < -0.4 is 5.32 Å². The Morgan fingerprint density at radius 2 is 2.16 bits per heavy atom. The van der Waals surface area contributed by atoms with E-state index in [1.807, 2.05) is 6.92 Å². The van der Waals surface area contributed by atoms with Crippen LogP contribution in [0.3, 0.4) is 0 Å². The number of nitrogens with one attached hydrogen (secondary N) is 1. The number of hydrogen-bond acceptors (Lipinski definition) is 5. The van der Waals surface area contributed by atoms with Crippen LogP contribution in [-0.2, 0) is 0 Å². The highest BCUT2D eigenvalue weighted by atomic mass is 32.1. The maximum atomic E-state index is 13.4. The molecule has 0 saturated carbocycles. The van der Waals surface area contributed by atoms with Gasteiger partial charge in [0.05, 0.1) is 22.8 Å². The summed E-state index contributed by atoms with van der Waals surface area (Å²) in [7, 11) is 0. The molecule has 0 aliphatic rings. The lowest BCUT2D eigenvalue weighted by molar-refractivity contribution is 0.595. The van der Waals surface area contributed by atoms with Crippen LogP contribution in [0.15, 0.2) is 18.5 Å². The van der Waals surface area contributed by atoms with Gasteiger partial charge in [0.2, 0.25) is 0 Å². The Morgan fingerprint density at radius 1 is 1.37 bits per heavy atom. The van der Waals surface area contributed by atoms with E-state index in [-0.39, 0.29) is 17.8 Å². The molecule has 4 nitrogen and oxygen atoms in total. The van der Waals surface area contributed by atoms with Gasteiger partial charge in [0.1, 0.15) is 5.82 Å². The molecule has 0 aliphatic carbocycles. The summed E-state index contributed by atoms with van der Waals surface area (Å²) in [5.74, 6) is -0.0413. The zero-order valence-corrected chi connectivity index (χ0v) is 12.0. The SMILES string of the molecule is CCNC(c1cncc(F)c1)c1snnc1C(C)C. The fourth-order valence-corrected chi connectivity index (χ4v) is 2.87. The third kappa shape index (κ3) is 3.13. The van der Waals surface area contributed by atoms with Crippen molar-refractivity contribution in [1.82, 2.24) is 19.9 Å². The number of rotatable bonds is 5. The number of aromatic nitrogens is 3. The molecule has 6 heteroatoms. The van der Waals surface area contributed by atoms with E-state index >= 15 is 0 Å². The Morgan fingerprint density at radius 3 is 2.79 bits per heavy atom. The molecule has 0 fully saturated rings. The molecule has 0 saturated heterocycles. The van der Waals surface area contributed by atoms with Gasteiger partial charge >= 0.3 is 0 Å². The summed E-state index contributed by atoms with van der Waals surface area (Å²) in [6.45, 7) is 6.94. The molecule has 19 heavy (non-hydrogen) atoms. The molecule has 0 aromatic carbocycles. The molecule has 0 bridgehead atoms. The van der Waals surface area contributed by atoms with E-state index in [1.165, 1.54) is 23.8 Å². The summed E-state index contributed by atoms with van der Waals surface area (Å²) in [6.07, 6.45) is 2.89. The molecule has 1 unspecified atom stereocenters. The van der Waals surface area contributed by atoms with E-state index in [9.17, 15) is 4.39 Å². The molecule has 2 rings (SSSR count). The summed E-state index contributed by atoms with van der Waals surface area (Å²) in [5.41, 5.74) is 1.76. The van der Waals surface area contributed by atoms with Crippen LogP contribution in [0.1, 0.15) is 48.9 Å². The summed E-state index contributed by atoms with van der Waals surface area (Å²) < 4.78 is 17.4. The van der Waals surface area contributed by atoms with Gasteiger partial charge in [-0.3, -0.25) is 4.98 Å². The molecule has 2 aromatic rings. The molecule has 0 spiro atoms. The fourth-order valence-electron chi connectivity index (χ4n) is 1.96. The summed E-state index contributed by atoms with van der Waals surface area (Å²) in [6, 6.07) is 1.40. The lowest BCUT2D eigenvalue weighted by Crippen LogP contribution is -2.22. The van der Waals surface area contributed by atoms with Crippen molar-refractivity contribution in [2.75, 3.05) is 6.54 Å². The number of nitrogens with zero attached hydrogens (tertiary/aromatic N) is 3. The summed E-state index contributed by atoms with van der Waals surface area (Å²) in [5, 5.41) is 7.53. The van der Waals surface area contributed by atoms with E-state index < -0.39 is 0 Å². The molecule has 0 aliphatic heterocycles. The first-order chi connectivity index (χ1) is 9.13. The van der Waals surface area contributed by atoms with Crippen molar-refractivity contribution in [1.29, 1.82) is 0 Å². The van der Waals surface area contributed by atoms with Crippen molar-refractivity contribution >= 4 is 11.5 Å². The Bertz CT molecular complexity index is 541. The van der Waals surface area contributed by atoms with Crippen molar-refractivity contribution in [3.05, 3.63) is 40.4 Å². The van der Waals surface area contributed by atoms with Crippen molar-refractivity contribution in [3.63, 3.8) is 0 Å². The van der Waals surface area contributed by atoms with E-state index in [1.54, 1.807) is 6.20 Å². The minimum Gasteiger partial charge on any atom is -0.306 e. The van der Waals surface area contributed by atoms with E-state index in [2.05, 4.69) is 33.7 Å².